The number of halogens is 1. The third-order valence-electron chi connectivity index (χ3n) is 5.83. The summed E-state index contributed by atoms with van der Waals surface area (Å²) in [6.45, 7) is 4.09. The van der Waals surface area contributed by atoms with E-state index in [0.29, 0.717) is 56.4 Å². The van der Waals surface area contributed by atoms with Gasteiger partial charge < -0.3 is 33.7 Å². The maximum Gasteiger partial charge on any atom is 0.311 e. The molecule has 2 aromatic carbocycles. The monoisotopic (exact) mass is 750 g/mol. The lowest BCUT2D eigenvalue weighted by molar-refractivity contribution is -0.385. The van der Waals surface area contributed by atoms with Crippen molar-refractivity contribution >= 4 is 60.8 Å². The van der Waals surface area contributed by atoms with E-state index in [1.165, 1.54) is 25.4 Å². The Kier molecular flexibility index (Phi) is 15.3. The van der Waals surface area contributed by atoms with Crippen LogP contribution >= 0.6 is 22.6 Å². The number of hydrogen-bond donors (Lipinski definition) is 2. The minimum absolute atomic E-state index is 0.0849. The zero-order valence-electron chi connectivity index (χ0n) is 24.1. The molecule has 0 saturated carbocycles. The van der Waals surface area contributed by atoms with Gasteiger partial charge in [-0.1, -0.05) is 6.07 Å². The van der Waals surface area contributed by atoms with E-state index < -0.39 is 20.3 Å². The normalized spacial score (nSPS) is 12.3. The van der Waals surface area contributed by atoms with Crippen LogP contribution in [0.5, 0.6) is 5.75 Å². The average Bonchev–Trinajstić information content (AvgIpc) is 2.97. The van der Waals surface area contributed by atoms with Crippen LogP contribution in [0.3, 0.4) is 0 Å². The molecule has 17 heteroatoms. The zero-order valence-corrected chi connectivity index (χ0v) is 27.0. The Hall–Kier alpha value is -2.78. The molecule has 0 aliphatic rings. The molecule has 0 aliphatic carbocycles. The van der Waals surface area contributed by atoms with Crippen molar-refractivity contribution in [3.8, 4) is 5.75 Å². The molecule has 2 N–H and O–H groups in total. The first kappa shape index (κ1) is 35.7. The Balaban J connectivity index is 1.27. The van der Waals surface area contributed by atoms with Gasteiger partial charge in [0.25, 0.3) is 10.1 Å². The summed E-state index contributed by atoms with van der Waals surface area (Å²) in [5, 5.41) is 14.5. The first-order valence-corrected chi connectivity index (χ1v) is 16.2. The molecule has 0 bridgehead atoms. The standard InChI is InChI=1S/C27H35IN4O11S/c1-20(44(35,36)37)18-42-12-11-40-8-7-38-5-6-39-9-10-41-13-14-43-26-17-24-23(16-25(26)32(33)34)27(30-19-29-24)31-22-4-2-3-21(28)15-22/h2-4,15-17,19-20H,5-14,18H2,1H3,(H,29,30,31)(H,35,36,37). The van der Waals surface area contributed by atoms with Gasteiger partial charge in [0.2, 0.25) is 0 Å². The van der Waals surface area contributed by atoms with Crippen molar-refractivity contribution in [2.45, 2.75) is 12.2 Å². The molecule has 44 heavy (non-hydrogen) atoms. The van der Waals surface area contributed by atoms with Gasteiger partial charge >= 0.3 is 5.69 Å². The van der Waals surface area contributed by atoms with Crippen molar-refractivity contribution in [2.24, 2.45) is 0 Å². The Morgan fingerprint density at radius 2 is 1.50 bits per heavy atom. The van der Waals surface area contributed by atoms with Crippen molar-refractivity contribution in [3.63, 3.8) is 0 Å². The van der Waals surface area contributed by atoms with E-state index in [4.69, 9.17) is 33.0 Å². The highest BCUT2D eigenvalue weighted by Crippen LogP contribution is 2.34. The van der Waals surface area contributed by atoms with Gasteiger partial charge in [0.15, 0.2) is 5.75 Å². The quantitative estimate of drug-likeness (QED) is 0.0498. The van der Waals surface area contributed by atoms with Gasteiger partial charge in [-0.05, 0) is 47.7 Å². The number of hydrogen-bond acceptors (Lipinski definition) is 13. The van der Waals surface area contributed by atoms with Crippen LogP contribution < -0.4 is 10.1 Å². The average molecular weight is 751 g/mol. The zero-order chi connectivity index (χ0) is 31.8. The molecule has 0 amide bonds. The first-order valence-electron chi connectivity index (χ1n) is 13.6. The fraction of sp³-hybridized carbons (Fsp3) is 0.481. The number of benzene rings is 2. The molecule has 3 rings (SSSR count). The smallest absolute Gasteiger partial charge is 0.311 e. The Labute approximate surface area is 268 Å². The largest absolute Gasteiger partial charge is 0.484 e. The number of rotatable bonds is 22. The fourth-order valence-corrected chi connectivity index (χ4v) is 4.37. The molecule has 1 aromatic heterocycles. The van der Waals surface area contributed by atoms with Crippen molar-refractivity contribution < 1.29 is 46.3 Å². The summed E-state index contributed by atoms with van der Waals surface area (Å²) in [4.78, 5) is 19.8. The van der Waals surface area contributed by atoms with Crippen LogP contribution in [0.4, 0.5) is 17.2 Å². The number of aromatic nitrogens is 2. The Morgan fingerprint density at radius 3 is 2.07 bits per heavy atom. The molecule has 1 unspecified atom stereocenters. The number of nitro groups is 1. The topological polar surface area (TPSA) is 191 Å². The van der Waals surface area contributed by atoms with Crippen LogP contribution in [0.15, 0.2) is 42.7 Å². The second-order valence-electron chi connectivity index (χ2n) is 9.15. The third kappa shape index (κ3) is 12.7. The highest BCUT2D eigenvalue weighted by Gasteiger charge is 2.20. The van der Waals surface area contributed by atoms with Crippen molar-refractivity contribution in [2.75, 3.05) is 78.0 Å². The highest BCUT2D eigenvalue weighted by molar-refractivity contribution is 14.1. The molecular weight excluding hydrogens is 715 g/mol. The lowest BCUT2D eigenvalue weighted by Crippen LogP contribution is -2.23. The maximum atomic E-state index is 11.8. The fourth-order valence-electron chi connectivity index (χ4n) is 3.56. The summed E-state index contributed by atoms with van der Waals surface area (Å²) in [6.07, 6.45) is 1.38. The van der Waals surface area contributed by atoms with E-state index in [1.807, 2.05) is 24.3 Å². The predicted octanol–water partition coefficient (Wildman–Crippen LogP) is 3.62. The summed E-state index contributed by atoms with van der Waals surface area (Å²) >= 11 is 2.20. The van der Waals surface area contributed by atoms with Gasteiger partial charge in [0, 0.05) is 21.4 Å². The highest BCUT2D eigenvalue weighted by atomic mass is 127. The van der Waals surface area contributed by atoms with E-state index >= 15 is 0 Å². The SMILES string of the molecule is CC(COCCOCCOCCOCCOCCOc1cc2ncnc(Nc3cccc(I)c3)c2cc1[N+](=O)[O-])S(=O)(=O)O. The minimum atomic E-state index is -4.09. The molecular formula is C27H35IN4O11S. The molecule has 3 aromatic rings. The van der Waals surface area contributed by atoms with E-state index in [0.717, 1.165) is 9.26 Å². The van der Waals surface area contributed by atoms with Crippen molar-refractivity contribution in [3.05, 3.63) is 56.4 Å². The summed E-state index contributed by atoms with van der Waals surface area (Å²) in [6, 6.07) is 10.6. The molecule has 0 spiro atoms. The number of nitrogens with zero attached hydrogens (tertiary/aromatic N) is 3. The molecule has 0 fully saturated rings. The predicted molar refractivity (Wildman–Crippen MR) is 169 cm³/mol. The number of anilines is 2. The second kappa shape index (κ2) is 18.9. The lowest BCUT2D eigenvalue weighted by atomic mass is 10.2. The minimum Gasteiger partial charge on any atom is -0.484 e. The van der Waals surface area contributed by atoms with E-state index in [-0.39, 0.29) is 44.5 Å². The molecule has 15 nitrogen and oxygen atoms in total. The second-order valence-corrected chi connectivity index (χ2v) is 12.2. The first-order chi connectivity index (χ1) is 21.1. The molecule has 0 saturated heterocycles. The van der Waals surface area contributed by atoms with Crippen LogP contribution in [0, 0.1) is 13.7 Å². The number of ether oxygens (including phenoxy) is 6. The molecule has 0 radical (unpaired) electrons. The summed E-state index contributed by atoms with van der Waals surface area (Å²) < 4.78 is 64.0. The van der Waals surface area contributed by atoms with Crippen LogP contribution in [0.2, 0.25) is 0 Å². The molecule has 242 valence electrons. The number of nitro benzene ring substituents is 1. The van der Waals surface area contributed by atoms with Crippen molar-refractivity contribution in [1.29, 1.82) is 0 Å². The molecule has 0 aliphatic heterocycles. The van der Waals surface area contributed by atoms with Gasteiger partial charge in [0.05, 0.1) is 81.9 Å². The van der Waals surface area contributed by atoms with Gasteiger partial charge in [0.1, 0.15) is 24.0 Å². The Morgan fingerprint density at radius 1 is 0.909 bits per heavy atom. The maximum absolute atomic E-state index is 11.8. The third-order valence-corrected chi connectivity index (χ3v) is 7.66. The summed E-state index contributed by atoms with van der Waals surface area (Å²) in [7, 11) is -4.09. The molecule has 1 atom stereocenters. The van der Waals surface area contributed by atoms with E-state index in [1.54, 1.807) is 0 Å². The summed E-state index contributed by atoms with van der Waals surface area (Å²) in [5.41, 5.74) is 1.09. The number of fused-ring (bicyclic) bond motifs is 1. The van der Waals surface area contributed by atoms with Gasteiger partial charge in [-0.2, -0.15) is 8.42 Å². The van der Waals surface area contributed by atoms with Gasteiger partial charge in [-0.25, -0.2) is 9.97 Å². The summed E-state index contributed by atoms with van der Waals surface area (Å²) in [5.74, 6) is 0.532. The van der Waals surface area contributed by atoms with Crippen LogP contribution in [-0.2, 0) is 33.8 Å². The van der Waals surface area contributed by atoms with Crippen molar-refractivity contribution in [1.82, 2.24) is 9.97 Å². The van der Waals surface area contributed by atoms with Crippen LogP contribution in [0.25, 0.3) is 10.9 Å². The van der Waals surface area contributed by atoms with Crippen LogP contribution in [0.1, 0.15) is 6.92 Å². The number of nitrogens with one attached hydrogen (secondary N) is 1. The van der Waals surface area contributed by atoms with E-state index in [2.05, 4.69) is 37.9 Å². The van der Waals surface area contributed by atoms with Crippen LogP contribution in [-0.4, -0.2) is 106 Å². The lowest BCUT2D eigenvalue weighted by Gasteiger charge is -2.11. The van der Waals surface area contributed by atoms with E-state index in [9.17, 15) is 18.5 Å². The molecule has 1 heterocycles. The Bertz CT molecular complexity index is 1450. The van der Waals surface area contributed by atoms with Gasteiger partial charge in [-0.3, -0.25) is 14.7 Å². The van der Waals surface area contributed by atoms with Gasteiger partial charge in [-0.15, -0.1) is 0 Å².